The van der Waals surface area contributed by atoms with E-state index in [0.29, 0.717) is 6.61 Å². The molecule has 3 rings (SSSR count). The average molecular weight is 351 g/mol. The van der Waals surface area contributed by atoms with E-state index in [1.165, 1.54) is 0 Å². The van der Waals surface area contributed by atoms with Crippen molar-refractivity contribution in [3.8, 4) is 5.75 Å². The summed E-state index contributed by atoms with van der Waals surface area (Å²) in [5.41, 5.74) is 2.02. The predicted molar refractivity (Wildman–Crippen MR) is 85.7 cm³/mol. The van der Waals surface area contributed by atoms with E-state index in [-0.39, 0.29) is 5.54 Å². The molecule has 0 aliphatic carbocycles. The van der Waals surface area contributed by atoms with Crippen molar-refractivity contribution < 1.29 is 4.74 Å². The highest BCUT2D eigenvalue weighted by Gasteiger charge is 2.21. The number of hydrogen-bond acceptors (Lipinski definition) is 4. The van der Waals surface area contributed by atoms with Crippen LogP contribution < -0.4 is 9.64 Å². The van der Waals surface area contributed by atoms with Crippen molar-refractivity contribution in [1.82, 2.24) is 15.0 Å². The summed E-state index contributed by atoms with van der Waals surface area (Å²) < 4.78 is 8.66. The minimum Gasteiger partial charge on any atom is -0.490 e. The summed E-state index contributed by atoms with van der Waals surface area (Å²) in [6.07, 6.45) is 2.02. The van der Waals surface area contributed by atoms with E-state index >= 15 is 0 Å². The molecular formula is C15H19BrN4O. The summed E-state index contributed by atoms with van der Waals surface area (Å²) in [4.78, 5) is 2.28. The van der Waals surface area contributed by atoms with Crippen LogP contribution in [0.1, 0.15) is 26.5 Å². The molecule has 0 spiro atoms. The fourth-order valence-electron chi connectivity index (χ4n) is 2.30. The van der Waals surface area contributed by atoms with E-state index in [2.05, 4.69) is 58.0 Å². The molecule has 0 radical (unpaired) electrons. The number of nitrogens with zero attached hydrogens (tertiary/aromatic N) is 4. The monoisotopic (exact) mass is 350 g/mol. The van der Waals surface area contributed by atoms with Crippen molar-refractivity contribution in [2.45, 2.75) is 32.9 Å². The molecule has 0 fully saturated rings. The predicted octanol–water partition coefficient (Wildman–Crippen LogP) is 3.19. The van der Waals surface area contributed by atoms with Gasteiger partial charge in [-0.05, 0) is 39.0 Å². The first-order valence-electron chi connectivity index (χ1n) is 7.02. The van der Waals surface area contributed by atoms with Crippen LogP contribution in [0.25, 0.3) is 0 Å². The fourth-order valence-corrected chi connectivity index (χ4v) is 2.65. The highest BCUT2D eigenvalue weighted by Crippen LogP contribution is 2.34. The zero-order chi connectivity index (χ0) is 15.0. The molecule has 112 valence electrons. The van der Waals surface area contributed by atoms with Gasteiger partial charge in [0.15, 0.2) is 0 Å². The molecule has 6 heteroatoms. The maximum absolute atomic E-state index is 5.70. The number of benzene rings is 1. The molecule has 0 bridgehead atoms. The Bertz CT molecular complexity index is 647. The zero-order valence-electron chi connectivity index (χ0n) is 12.5. The minimum atomic E-state index is -0.0444. The lowest BCUT2D eigenvalue weighted by Crippen LogP contribution is -2.32. The van der Waals surface area contributed by atoms with Gasteiger partial charge in [-0.25, -0.2) is 4.68 Å². The lowest BCUT2D eigenvalue weighted by Gasteiger charge is -2.30. The lowest BCUT2D eigenvalue weighted by molar-refractivity contribution is 0.306. The van der Waals surface area contributed by atoms with Crippen LogP contribution in [0.4, 0.5) is 5.69 Å². The van der Waals surface area contributed by atoms with Crippen molar-refractivity contribution >= 4 is 21.6 Å². The van der Waals surface area contributed by atoms with Gasteiger partial charge in [-0.2, -0.15) is 0 Å². The summed E-state index contributed by atoms with van der Waals surface area (Å²) in [5.74, 6) is 0.924. The van der Waals surface area contributed by atoms with Crippen LogP contribution in [-0.4, -0.2) is 28.1 Å². The molecule has 21 heavy (non-hydrogen) atoms. The summed E-state index contributed by atoms with van der Waals surface area (Å²) in [6.45, 7) is 8.64. The quantitative estimate of drug-likeness (QED) is 0.834. The van der Waals surface area contributed by atoms with Crippen LogP contribution in [0.15, 0.2) is 28.9 Å². The van der Waals surface area contributed by atoms with E-state index in [1.54, 1.807) is 0 Å². The lowest BCUT2D eigenvalue weighted by atomic mass is 10.1. The second-order valence-corrected chi connectivity index (χ2v) is 7.12. The Balaban J connectivity index is 1.83. The third kappa shape index (κ3) is 3.05. The second kappa shape index (κ2) is 5.33. The summed E-state index contributed by atoms with van der Waals surface area (Å²) >= 11 is 3.52. The molecule has 0 saturated carbocycles. The Morgan fingerprint density at radius 1 is 1.33 bits per heavy atom. The van der Waals surface area contributed by atoms with Gasteiger partial charge in [-0.3, -0.25) is 0 Å². The van der Waals surface area contributed by atoms with E-state index < -0.39 is 0 Å². The molecular weight excluding hydrogens is 332 g/mol. The Hall–Kier alpha value is -1.56. The van der Waals surface area contributed by atoms with Gasteiger partial charge in [0.2, 0.25) is 0 Å². The third-order valence-corrected chi connectivity index (χ3v) is 3.95. The summed E-state index contributed by atoms with van der Waals surface area (Å²) in [6, 6.07) is 6.08. The van der Waals surface area contributed by atoms with Crippen LogP contribution >= 0.6 is 15.9 Å². The maximum atomic E-state index is 5.70. The number of anilines is 1. The van der Waals surface area contributed by atoms with Crippen LogP contribution in [-0.2, 0) is 12.1 Å². The molecule has 1 aliphatic rings. The summed E-state index contributed by atoms with van der Waals surface area (Å²) in [7, 11) is 0. The number of fused-ring (bicyclic) bond motifs is 1. The minimum absolute atomic E-state index is 0.0444. The van der Waals surface area contributed by atoms with Gasteiger partial charge in [-0.15, -0.1) is 5.10 Å². The first kappa shape index (κ1) is 14.4. The number of aromatic nitrogens is 3. The molecule has 0 atom stereocenters. The SMILES string of the molecule is CC(C)(C)n1cc(CN2CCOc3ccc(Br)cc32)nn1. The molecule has 1 aromatic carbocycles. The molecule has 2 heterocycles. The van der Waals surface area contributed by atoms with E-state index in [1.807, 2.05) is 23.0 Å². The van der Waals surface area contributed by atoms with Gasteiger partial charge in [0, 0.05) is 4.47 Å². The van der Waals surface area contributed by atoms with E-state index in [0.717, 1.165) is 34.7 Å². The van der Waals surface area contributed by atoms with Crippen LogP contribution in [0.2, 0.25) is 0 Å². The normalized spacial score (nSPS) is 14.8. The smallest absolute Gasteiger partial charge is 0.142 e. The van der Waals surface area contributed by atoms with Crippen molar-refractivity contribution in [3.05, 3.63) is 34.6 Å². The Kier molecular flexibility index (Phi) is 3.65. The van der Waals surface area contributed by atoms with Crippen molar-refractivity contribution in [1.29, 1.82) is 0 Å². The number of ether oxygens (including phenoxy) is 1. The van der Waals surface area contributed by atoms with Crippen molar-refractivity contribution in [3.63, 3.8) is 0 Å². The van der Waals surface area contributed by atoms with Crippen molar-refractivity contribution in [2.24, 2.45) is 0 Å². The average Bonchev–Trinajstić information content (AvgIpc) is 2.88. The van der Waals surface area contributed by atoms with Gasteiger partial charge in [0.05, 0.1) is 30.5 Å². The molecule has 5 nitrogen and oxygen atoms in total. The molecule has 0 saturated heterocycles. The molecule has 0 unspecified atom stereocenters. The molecule has 1 aliphatic heterocycles. The highest BCUT2D eigenvalue weighted by molar-refractivity contribution is 9.10. The van der Waals surface area contributed by atoms with Crippen molar-refractivity contribution in [2.75, 3.05) is 18.1 Å². The number of halogens is 1. The fraction of sp³-hybridized carbons (Fsp3) is 0.467. The Morgan fingerprint density at radius 2 is 2.14 bits per heavy atom. The van der Waals surface area contributed by atoms with Gasteiger partial charge >= 0.3 is 0 Å². The zero-order valence-corrected chi connectivity index (χ0v) is 14.1. The Morgan fingerprint density at radius 3 is 2.86 bits per heavy atom. The Labute approximate surface area is 133 Å². The summed E-state index contributed by atoms with van der Waals surface area (Å²) in [5, 5.41) is 8.52. The van der Waals surface area contributed by atoms with Gasteiger partial charge in [0.1, 0.15) is 18.1 Å². The molecule has 1 aromatic heterocycles. The van der Waals surface area contributed by atoms with Gasteiger partial charge in [0.25, 0.3) is 0 Å². The number of rotatable bonds is 2. The topological polar surface area (TPSA) is 43.2 Å². The first-order valence-corrected chi connectivity index (χ1v) is 7.82. The van der Waals surface area contributed by atoms with Gasteiger partial charge < -0.3 is 9.64 Å². The largest absolute Gasteiger partial charge is 0.490 e. The molecule has 0 amide bonds. The maximum Gasteiger partial charge on any atom is 0.142 e. The number of hydrogen-bond donors (Lipinski definition) is 0. The standard InChI is InChI=1S/C15H19BrN4O/c1-15(2,3)20-10-12(17-18-20)9-19-6-7-21-14-5-4-11(16)8-13(14)19/h4-5,8,10H,6-7,9H2,1-3H3. The van der Waals surface area contributed by atoms with Crippen LogP contribution in [0, 0.1) is 0 Å². The van der Waals surface area contributed by atoms with E-state index in [4.69, 9.17) is 4.74 Å². The highest BCUT2D eigenvalue weighted by atomic mass is 79.9. The first-order chi connectivity index (χ1) is 9.93. The van der Waals surface area contributed by atoms with E-state index in [9.17, 15) is 0 Å². The van der Waals surface area contributed by atoms with Crippen LogP contribution in [0.5, 0.6) is 5.75 Å². The third-order valence-electron chi connectivity index (χ3n) is 3.46. The van der Waals surface area contributed by atoms with Gasteiger partial charge in [-0.1, -0.05) is 21.1 Å². The molecule has 0 N–H and O–H groups in total. The van der Waals surface area contributed by atoms with Crippen LogP contribution in [0.3, 0.4) is 0 Å². The second-order valence-electron chi connectivity index (χ2n) is 6.21. The molecule has 2 aromatic rings.